The Morgan fingerprint density at radius 1 is 1.10 bits per heavy atom. The average molecular weight is 281 g/mol. The van der Waals surface area contributed by atoms with Crippen LogP contribution in [0.25, 0.3) is 0 Å². The first kappa shape index (κ1) is 15.1. The van der Waals surface area contributed by atoms with Gasteiger partial charge >= 0.3 is 0 Å². The summed E-state index contributed by atoms with van der Waals surface area (Å²) in [7, 11) is 0. The highest BCUT2D eigenvalue weighted by Crippen LogP contribution is 2.26. The van der Waals surface area contributed by atoms with Crippen LogP contribution in [0.2, 0.25) is 0 Å². The van der Waals surface area contributed by atoms with E-state index in [2.05, 4.69) is 6.07 Å². The third-order valence-electron chi connectivity index (χ3n) is 3.47. The molecule has 0 radical (unpaired) electrons. The van der Waals surface area contributed by atoms with Crippen molar-refractivity contribution in [2.75, 3.05) is 0 Å². The molecule has 2 aromatic carbocycles. The predicted octanol–water partition coefficient (Wildman–Crippen LogP) is 3.56. The van der Waals surface area contributed by atoms with E-state index in [9.17, 15) is 5.26 Å². The number of ether oxygens (including phenoxy) is 1. The Bertz CT molecular complexity index is 639. The van der Waals surface area contributed by atoms with E-state index in [1.54, 1.807) is 0 Å². The first-order valence-electron chi connectivity index (χ1n) is 6.89. The molecule has 2 rings (SSSR count). The highest BCUT2D eigenvalue weighted by atomic mass is 16.5. The molecule has 0 aliphatic heterocycles. The molecule has 0 fully saturated rings. The molecule has 3 nitrogen and oxygen atoms in total. The van der Waals surface area contributed by atoms with E-state index in [1.165, 1.54) is 0 Å². The maximum Gasteiger partial charge on any atom is 0.119 e. The zero-order chi connectivity index (χ0) is 15.3. The molecule has 21 heavy (non-hydrogen) atoms. The fourth-order valence-electron chi connectivity index (χ4n) is 2.17. The standard InChI is InChI=1S/C18H19NO2/c1-18(2,13-19)17-6-4-3-5-15(17)12-21-16-9-7-14(11-20)8-10-16/h3-10,20H,11-12H2,1-2H3. The number of nitriles is 1. The van der Waals surface area contributed by atoms with Gasteiger partial charge in [0.1, 0.15) is 12.4 Å². The van der Waals surface area contributed by atoms with Crippen LogP contribution in [0.5, 0.6) is 5.75 Å². The number of rotatable bonds is 5. The van der Waals surface area contributed by atoms with Gasteiger partial charge in [0.05, 0.1) is 18.1 Å². The van der Waals surface area contributed by atoms with Crippen LogP contribution < -0.4 is 4.74 Å². The van der Waals surface area contributed by atoms with Gasteiger partial charge in [-0.2, -0.15) is 5.26 Å². The Balaban J connectivity index is 2.15. The predicted molar refractivity (Wildman–Crippen MR) is 81.8 cm³/mol. The van der Waals surface area contributed by atoms with E-state index >= 15 is 0 Å². The Morgan fingerprint density at radius 3 is 2.38 bits per heavy atom. The van der Waals surface area contributed by atoms with Gasteiger partial charge in [-0.15, -0.1) is 0 Å². The van der Waals surface area contributed by atoms with E-state index in [0.717, 1.165) is 22.4 Å². The molecule has 1 N–H and O–H groups in total. The van der Waals surface area contributed by atoms with Crippen molar-refractivity contribution in [3.63, 3.8) is 0 Å². The summed E-state index contributed by atoms with van der Waals surface area (Å²) >= 11 is 0. The lowest BCUT2D eigenvalue weighted by Gasteiger charge is -2.20. The molecule has 0 aliphatic rings. The van der Waals surface area contributed by atoms with Crippen molar-refractivity contribution in [1.29, 1.82) is 5.26 Å². The molecule has 0 aliphatic carbocycles. The van der Waals surface area contributed by atoms with Gasteiger partial charge in [-0.3, -0.25) is 0 Å². The minimum absolute atomic E-state index is 0.0273. The topological polar surface area (TPSA) is 53.2 Å². The second-order valence-corrected chi connectivity index (χ2v) is 5.48. The second kappa shape index (κ2) is 6.43. The van der Waals surface area contributed by atoms with E-state index in [1.807, 2.05) is 62.4 Å². The van der Waals surface area contributed by atoms with Crippen molar-refractivity contribution in [1.82, 2.24) is 0 Å². The maximum atomic E-state index is 9.30. The lowest BCUT2D eigenvalue weighted by Crippen LogP contribution is -2.17. The average Bonchev–Trinajstić information content (AvgIpc) is 2.53. The van der Waals surface area contributed by atoms with E-state index < -0.39 is 5.41 Å². The first-order chi connectivity index (χ1) is 10.1. The third kappa shape index (κ3) is 3.62. The van der Waals surface area contributed by atoms with Crippen molar-refractivity contribution in [3.05, 3.63) is 65.2 Å². The van der Waals surface area contributed by atoms with Crippen molar-refractivity contribution < 1.29 is 9.84 Å². The van der Waals surface area contributed by atoms with E-state index in [0.29, 0.717) is 6.61 Å². The maximum absolute atomic E-state index is 9.30. The molecule has 0 amide bonds. The monoisotopic (exact) mass is 281 g/mol. The van der Waals surface area contributed by atoms with Gasteiger partial charge < -0.3 is 9.84 Å². The van der Waals surface area contributed by atoms with E-state index in [4.69, 9.17) is 9.84 Å². The number of aliphatic hydroxyl groups is 1. The normalized spacial score (nSPS) is 11.0. The van der Waals surface area contributed by atoms with Crippen molar-refractivity contribution >= 4 is 0 Å². The molecule has 3 heteroatoms. The number of benzene rings is 2. The highest BCUT2D eigenvalue weighted by molar-refractivity contribution is 5.38. The van der Waals surface area contributed by atoms with Crippen molar-refractivity contribution in [2.45, 2.75) is 32.5 Å². The van der Waals surface area contributed by atoms with Gasteiger partial charge in [0.15, 0.2) is 0 Å². The summed E-state index contributed by atoms with van der Waals surface area (Å²) in [5, 5.41) is 18.3. The number of aliphatic hydroxyl groups excluding tert-OH is 1. The molecule has 0 saturated carbocycles. The van der Waals surface area contributed by atoms with Crippen molar-refractivity contribution in [2.24, 2.45) is 0 Å². The fraction of sp³-hybridized carbons (Fsp3) is 0.278. The summed E-state index contributed by atoms with van der Waals surface area (Å²) in [6, 6.07) is 17.5. The first-order valence-corrected chi connectivity index (χ1v) is 6.89. The molecular weight excluding hydrogens is 262 g/mol. The van der Waals surface area contributed by atoms with Crippen LogP contribution in [0.4, 0.5) is 0 Å². The Labute approximate surface area is 125 Å². The Hall–Kier alpha value is -2.31. The van der Waals surface area contributed by atoms with Crippen LogP contribution in [0, 0.1) is 11.3 Å². The zero-order valence-corrected chi connectivity index (χ0v) is 12.3. The smallest absolute Gasteiger partial charge is 0.119 e. The number of nitrogens with zero attached hydrogens (tertiary/aromatic N) is 1. The van der Waals surface area contributed by atoms with Crippen LogP contribution in [0.15, 0.2) is 48.5 Å². The van der Waals surface area contributed by atoms with Crippen LogP contribution in [0.1, 0.15) is 30.5 Å². The van der Waals surface area contributed by atoms with E-state index in [-0.39, 0.29) is 6.61 Å². The molecule has 0 bridgehead atoms. The summed E-state index contributed by atoms with van der Waals surface area (Å²) < 4.78 is 5.78. The molecule has 0 atom stereocenters. The van der Waals surface area contributed by atoms with Crippen LogP contribution in [0.3, 0.4) is 0 Å². The van der Waals surface area contributed by atoms with Crippen LogP contribution in [-0.4, -0.2) is 5.11 Å². The number of hydrogen-bond donors (Lipinski definition) is 1. The van der Waals surface area contributed by atoms with Gasteiger partial charge in [-0.1, -0.05) is 36.4 Å². The summed E-state index contributed by atoms with van der Waals surface area (Å²) in [5.41, 5.74) is 2.31. The summed E-state index contributed by atoms with van der Waals surface area (Å²) in [4.78, 5) is 0. The largest absolute Gasteiger partial charge is 0.489 e. The van der Waals surface area contributed by atoms with Gasteiger partial charge in [0.2, 0.25) is 0 Å². The summed E-state index contributed by atoms with van der Waals surface area (Å²) in [5.74, 6) is 0.747. The molecule has 0 saturated heterocycles. The fourth-order valence-corrected chi connectivity index (χ4v) is 2.17. The molecule has 2 aromatic rings. The summed E-state index contributed by atoms with van der Waals surface area (Å²) in [6.45, 7) is 4.25. The van der Waals surface area contributed by atoms with Gasteiger partial charge in [0, 0.05) is 0 Å². The minimum Gasteiger partial charge on any atom is -0.489 e. The summed E-state index contributed by atoms with van der Waals surface area (Å²) in [6.07, 6.45) is 0. The van der Waals surface area contributed by atoms with Gasteiger partial charge in [-0.25, -0.2) is 0 Å². The van der Waals surface area contributed by atoms with Gasteiger partial charge in [0.25, 0.3) is 0 Å². The molecule has 0 unspecified atom stereocenters. The molecule has 108 valence electrons. The minimum atomic E-state index is -0.541. The zero-order valence-electron chi connectivity index (χ0n) is 12.3. The molecule has 0 aromatic heterocycles. The van der Waals surface area contributed by atoms with Crippen molar-refractivity contribution in [3.8, 4) is 11.8 Å². The Kier molecular flexibility index (Phi) is 4.62. The second-order valence-electron chi connectivity index (χ2n) is 5.48. The lowest BCUT2D eigenvalue weighted by atomic mass is 9.83. The third-order valence-corrected chi connectivity index (χ3v) is 3.47. The quantitative estimate of drug-likeness (QED) is 0.911. The van der Waals surface area contributed by atoms with Gasteiger partial charge in [-0.05, 0) is 42.7 Å². The highest BCUT2D eigenvalue weighted by Gasteiger charge is 2.22. The van der Waals surface area contributed by atoms with Crippen LogP contribution >= 0.6 is 0 Å². The number of hydrogen-bond acceptors (Lipinski definition) is 3. The molecular formula is C18H19NO2. The lowest BCUT2D eigenvalue weighted by molar-refractivity contribution is 0.280. The van der Waals surface area contributed by atoms with Crippen LogP contribution in [-0.2, 0) is 18.6 Å². The molecule has 0 spiro atoms. The SMILES string of the molecule is CC(C)(C#N)c1ccccc1COc1ccc(CO)cc1. The Morgan fingerprint density at radius 2 is 1.76 bits per heavy atom. The molecule has 0 heterocycles.